The molecule has 0 spiro atoms. The lowest BCUT2D eigenvalue weighted by Crippen LogP contribution is -2.40. The molecular formula is C11H20N2. The lowest BCUT2D eigenvalue weighted by Gasteiger charge is -2.26. The Labute approximate surface area is 81.5 Å². The molecule has 1 atom stereocenters. The van der Waals surface area contributed by atoms with Crippen molar-refractivity contribution in [3.8, 4) is 12.3 Å². The van der Waals surface area contributed by atoms with Gasteiger partial charge in [-0.15, -0.1) is 12.3 Å². The number of unbranched alkanes of at least 4 members (excludes halogenated alkanes) is 1. The molecule has 0 bridgehead atoms. The Morgan fingerprint density at radius 2 is 2.31 bits per heavy atom. The third-order valence-electron chi connectivity index (χ3n) is 2.81. The quantitative estimate of drug-likeness (QED) is 0.489. The Balaban J connectivity index is 2.19. The van der Waals surface area contributed by atoms with Crippen LogP contribution in [-0.2, 0) is 0 Å². The van der Waals surface area contributed by atoms with Crippen LogP contribution >= 0.6 is 0 Å². The summed E-state index contributed by atoms with van der Waals surface area (Å²) in [6.07, 6.45) is 9.90. The summed E-state index contributed by atoms with van der Waals surface area (Å²) in [6, 6.07) is 0.595. The molecule has 2 N–H and O–H groups in total. The monoisotopic (exact) mass is 180 g/mol. The van der Waals surface area contributed by atoms with Crippen molar-refractivity contribution in [3.05, 3.63) is 0 Å². The summed E-state index contributed by atoms with van der Waals surface area (Å²) in [5, 5.41) is 0. The van der Waals surface area contributed by atoms with Crippen molar-refractivity contribution >= 4 is 0 Å². The first-order chi connectivity index (χ1) is 6.29. The van der Waals surface area contributed by atoms with Crippen molar-refractivity contribution in [1.29, 1.82) is 0 Å². The van der Waals surface area contributed by atoms with Crippen molar-refractivity contribution in [2.75, 3.05) is 20.1 Å². The lowest BCUT2D eigenvalue weighted by atomic mass is 10.1. The number of nitrogens with two attached hydrogens (primary N) is 1. The predicted molar refractivity (Wildman–Crippen MR) is 56.3 cm³/mol. The number of rotatable bonds is 6. The highest BCUT2D eigenvalue weighted by Gasteiger charge is 2.32. The Morgan fingerprint density at radius 3 is 2.77 bits per heavy atom. The summed E-state index contributed by atoms with van der Waals surface area (Å²) >= 11 is 0. The van der Waals surface area contributed by atoms with Gasteiger partial charge in [0.05, 0.1) is 0 Å². The van der Waals surface area contributed by atoms with E-state index < -0.39 is 0 Å². The van der Waals surface area contributed by atoms with E-state index in [1.54, 1.807) is 0 Å². The van der Waals surface area contributed by atoms with E-state index in [1.165, 1.54) is 12.8 Å². The van der Waals surface area contributed by atoms with Gasteiger partial charge in [-0.2, -0.15) is 0 Å². The van der Waals surface area contributed by atoms with Gasteiger partial charge in [0.25, 0.3) is 0 Å². The van der Waals surface area contributed by atoms with Crippen molar-refractivity contribution < 1.29 is 0 Å². The molecule has 1 unspecified atom stereocenters. The third-order valence-corrected chi connectivity index (χ3v) is 2.81. The summed E-state index contributed by atoms with van der Waals surface area (Å²) < 4.78 is 0. The normalized spacial score (nSPS) is 18.6. The van der Waals surface area contributed by atoms with Crippen LogP contribution in [0, 0.1) is 18.3 Å². The molecule has 13 heavy (non-hydrogen) atoms. The summed E-state index contributed by atoms with van der Waals surface area (Å²) in [5.41, 5.74) is 5.74. The van der Waals surface area contributed by atoms with E-state index in [9.17, 15) is 0 Å². The first-order valence-electron chi connectivity index (χ1n) is 5.13. The van der Waals surface area contributed by atoms with Crippen molar-refractivity contribution in [2.45, 2.75) is 31.7 Å². The molecule has 1 aliphatic carbocycles. The molecule has 1 fully saturated rings. The molecule has 1 aliphatic rings. The molecular weight excluding hydrogens is 160 g/mol. The molecule has 0 radical (unpaired) electrons. The van der Waals surface area contributed by atoms with E-state index >= 15 is 0 Å². The molecule has 0 aromatic heterocycles. The van der Waals surface area contributed by atoms with Gasteiger partial charge in [0.1, 0.15) is 0 Å². The Hall–Kier alpha value is -0.520. The molecule has 0 heterocycles. The highest BCUT2D eigenvalue weighted by Crippen LogP contribution is 2.34. The summed E-state index contributed by atoms with van der Waals surface area (Å²) in [4.78, 5) is 2.37. The van der Waals surface area contributed by atoms with E-state index in [2.05, 4.69) is 17.9 Å². The molecule has 74 valence electrons. The third kappa shape index (κ3) is 3.38. The summed E-state index contributed by atoms with van der Waals surface area (Å²) in [5.74, 6) is 3.53. The fraction of sp³-hybridized carbons (Fsp3) is 0.818. The second-order valence-electron chi connectivity index (χ2n) is 3.93. The fourth-order valence-electron chi connectivity index (χ4n) is 1.81. The van der Waals surface area contributed by atoms with Gasteiger partial charge in [-0.05, 0) is 38.8 Å². The number of terminal acetylenes is 1. The van der Waals surface area contributed by atoms with Crippen LogP contribution in [0.25, 0.3) is 0 Å². The van der Waals surface area contributed by atoms with Gasteiger partial charge < -0.3 is 10.6 Å². The molecule has 0 saturated heterocycles. The van der Waals surface area contributed by atoms with E-state index in [1.807, 2.05) is 0 Å². The first kappa shape index (κ1) is 10.6. The minimum atomic E-state index is 0.595. The maximum absolute atomic E-state index is 5.74. The van der Waals surface area contributed by atoms with Crippen LogP contribution in [0.1, 0.15) is 25.7 Å². The van der Waals surface area contributed by atoms with Gasteiger partial charge in [0.15, 0.2) is 0 Å². The van der Waals surface area contributed by atoms with Crippen LogP contribution in [0.4, 0.5) is 0 Å². The zero-order chi connectivity index (χ0) is 9.68. The average Bonchev–Trinajstić information content (AvgIpc) is 2.90. The molecule has 2 heteroatoms. The van der Waals surface area contributed by atoms with E-state index in [4.69, 9.17) is 12.2 Å². The van der Waals surface area contributed by atoms with Gasteiger partial charge in [0.2, 0.25) is 0 Å². The minimum absolute atomic E-state index is 0.595. The largest absolute Gasteiger partial charge is 0.329 e. The van der Waals surface area contributed by atoms with Crippen LogP contribution in [0.2, 0.25) is 0 Å². The number of likely N-dealkylation sites (N-methyl/N-ethyl adjacent to an activating group) is 1. The molecule has 0 aromatic carbocycles. The lowest BCUT2D eigenvalue weighted by molar-refractivity contribution is 0.222. The van der Waals surface area contributed by atoms with Crippen LogP contribution in [0.5, 0.6) is 0 Å². The standard InChI is InChI=1S/C11H20N2/c1-3-4-5-8-13(2)11(9-12)10-6-7-10/h1,10-11H,4-9,12H2,2H3. The topological polar surface area (TPSA) is 29.3 Å². The maximum Gasteiger partial charge on any atom is 0.0243 e. The number of hydrogen-bond acceptors (Lipinski definition) is 2. The number of hydrogen-bond donors (Lipinski definition) is 1. The van der Waals surface area contributed by atoms with Crippen LogP contribution in [0.15, 0.2) is 0 Å². The number of nitrogens with zero attached hydrogens (tertiary/aromatic N) is 1. The molecule has 1 rings (SSSR count). The maximum atomic E-state index is 5.74. The Morgan fingerprint density at radius 1 is 1.62 bits per heavy atom. The Kier molecular flexibility index (Phi) is 4.27. The molecule has 0 aliphatic heterocycles. The van der Waals surface area contributed by atoms with Crippen LogP contribution in [-0.4, -0.2) is 31.1 Å². The zero-order valence-corrected chi connectivity index (χ0v) is 8.50. The van der Waals surface area contributed by atoms with Crippen molar-refractivity contribution in [1.82, 2.24) is 4.90 Å². The molecule has 2 nitrogen and oxygen atoms in total. The van der Waals surface area contributed by atoms with Gasteiger partial charge in [-0.3, -0.25) is 0 Å². The summed E-state index contributed by atoms with van der Waals surface area (Å²) in [6.45, 7) is 1.87. The smallest absolute Gasteiger partial charge is 0.0243 e. The molecule has 0 amide bonds. The Bertz CT molecular complexity index is 179. The van der Waals surface area contributed by atoms with Gasteiger partial charge >= 0.3 is 0 Å². The van der Waals surface area contributed by atoms with Crippen molar-refractivity contribution in [2.24, 2.45) is 11.7 Å². The second-order valence-corrected chi connectivity index (χ2v) is 3.93. The zero-order valence-electron chi connectivity index (χ0n) is 8.50. The first-order valence-corrected chi connectivity index (χ1v) is 5.13. The van der Waals surface area contributed by atoms with E-state index in [-0.39, 0.29) is 0 Å². The average molecular weight is 180 g/mol. The second kappa shape index (κ2) is 5.26. The summed E-state index contributed by atoms with van der Waals surface area (Å²) in [7, 11) is 2.16. The predicted octanol–water partition coefficient (Wildman–Crippen LogP) is 1.07. The highest BCUT2D eigenvalue weighted by molar-refractivity contribution is 4.88. The minimum Gasteiger partial charge on any atom is -0.329 e. The van der Waals surface area contributed by atoms with Crippen molar-refractivity contribution in [3.63, 3.8) is 0 Å². The van der Waals surface area contributed by atoms with E-state index in [0.29, 0.717) is 6.04 Å². The molecule has 1 saturated carbocycles. The highest BCUT2D eigenvalue weighted by atomic mass is 15.1. The van der Waals surface area contributed by atoms with Crippen LogP contribution < -0.4 is 5.73 Å². The SMILES string of the molecule is C#CCCCN(C)C(CN)C1CC1. The van der Waals surface area contributed by atoms with Gasteiger partial charge in [0, 0.05) is 19.0 Å². The molecule has 0 aromatic rings. The van der Waals surface area contributed by atoms with Crippen LogP contribution in [0.3, 0.4) is 0 Å². The van der Waals surface area contributed by atoms with E-state index in [0.717, 1.165) is 31.8 Å². The van der Waals surface area contributed by atoms with Gasteiger partial charge in [-0.25, -0.2) is 0 Å². The van der Waals surface area contributed by atoms with Gasteiger partial charge in [-0.1, -0.05) is 0 Å². The fourth-order valence-corrected chi connectivity index (χ4v) is 1.81.